The molecule has 4 heteroatoms. The van der Waals surface area contributed by atoms with Crippen molar-refractivity contribution in [2.24, 2.45) is 0 Å². The van der Waals surface area contributed by atoms with Crippen LogP contribution in [0, 0.1) is 13.8 Å². The predicted octanol–water partition coefficient (Wildman–Crippen LogP) is 1.85. The molecule has 0 saturated carbocycles. The lowest BCUT2D eigenvalue weighted by molar-refractivity contribution is 0.103. The number of nitrogens with one attached hydrogen (secondary N) is 1. The molecule has 0 aliphatic heterocycles. The molecule has 0 unspecified atom stereocenters. The van der Waals surface area contributed by atoms with Gasteiger partial charge in [-0.1, -0.05) is 0 Å². The van der Waals surface area contributed by atoms with Crippen molar-refractivity contribution in [3.8, 4) is 0 Å². The van der Waals surface area contributed by atoms with Crippen molar-refractivity contribution in [2.45, 2.75) is 13.8 Å². The first-order valence-electron chi connectivity index (χ1n) is 4.29. The third-order valence-corrected chi connectivity index (χ3v) is 2.05. The predicted molar refractivity (Wildman–Crippen MR) is 50.2 cm³/mol. The van der Waals surface area contributed by atoms with E-state index in [-0.39, 0.29) is 5.78 Å². The molecule has 0 saturated heterocycles. The summed E-state index contributed by atoms with van der Waals surface area (Å²) in [5, 5.41) is 6.33. The molecule has 0 bridgehead atoms. The maximum absolute atomic E-state index is 11.8. The van der Waals surface area contributed by atoms with Crippen LogP contribution < -0.4 is 0 Å². The van der Waals surface area contributed by atoms with Crippen LogP contribution in [0.2, 0.25) is 0 Å². The molecule has 0 spiro atoms. The van der Waals surface area contributed by atoms with E-state index in [2.05, 4.69) is 10.2 Å². The van der Waals surface area contributed by atoms with Gasteiger partial charge in [-0.25, -0.2) is 0 Å². The minimum Gasteiger partial charge on any atom is -0.466 e. The number of carbonyl (C=O) groups is 1. The van der Waals surface area contributed by atoms with Gasteiger partial charge in [0.2, 0.25) is 0 Å². The van der Waals surface area contributed by atoms with Crippen LogP contribution >= 0.6 is 0 Å². The number of aromatic amines is 1. The van der Waals surface area contributed by atoms with Crippen molar-refractivity contribution in [2.75, 3.05) is 0 Å². The lowest BCUT2D eigenvalue weighted by atomic mass is 10.1. The number of furan rings is 1. The average molecular weight is 190 g/mol. The molecule has 0 aliphatic carbocycles. The Kier molecular flexibility index (Phi) is 1.96. The summed E-state index contributed by atoms with van der Waals surface area (Å²) in [5.41, 5.74) is 1.15. The van der Waals surface area contributed by atoms with Gasteiger partial charge in [0, 0.05) is 6.20 Å². The Hall–Kier alpha value is -1.84. The van der Waals surface area contributed by atoms with E-state index in [9.17, 15) is 4.79 Å². The first-order chi connectivity index (χ1) is 6.68. The molecule has 0 atom stereocenters. The van der Waals surface area contributed by atoms with Crippen molar-refractivity contribution in [1.82, 2.24) is 10.2 Å². The molecule has 0 aliphatic rings. The number of hydrogen-bond acceptors (Lipinski definition) is 3. The summed E-state index contributed by atoms with van der Waals surface area (Å²) in [4.78, 5) is 11.8. The molecular formula is C10H10N2O2. The summed E-state index contributed by atoms with van der Waals surface area (Å²) in [5.74, 6) is 1.33. The smallest absolute Gasteiger partial charge is 0.199 e. The lowest BCUT2D eigenvalue weighted by Gasteiger charge is -1.92. The number of H-pyrrole nitrogens is 1. The highest BCUT2D eigenvalue weighted by Gasteiger charge is 2.15. The normalized spacial score (nSPS) is 10.4. The van der Waals surface area contributed by atoms with E-state index in [1.54, 1.807) is 19.2 Å². The quantitative estimate of drug-likeness (QED) is 0.735. The Morgan fingerprint density at radius 3 is 2.79 bits per heavy atom. The van der Waals surface area contributed by atoms with Crippen molar-refractivity contribution in [3.63, 3.8) is 0 Å². The number of nitrogens with zero attached hydrogens (tertiary/aromatic N) is 1. The standard InChI is InChI=1S/C10H10N2O2/c1-6-3-9(7(2)14-6)10(13)8-4-11-12-5-8/h3-5H,1-2H3,(H,11,12). The molecule has 2 heterocycles. The van der Waals surface area contributed by atoms with Crippen LogP contribution in [0.5, 0.6) is 0 Å². The molecule has 0 amide bonds. The zero-order chi connectivity index (χ0) is 10.1. The molecule has 1 N–H and O–H groups in total. The molecule has 0 aromatic carbocycles. The van der Waals surface area contributed by atoms with E-state index >= 15 is 0 Å². The van der Waals surface area contributed by atoms with Gasteiger partial charge in [0.15, 0.2) is 5.78 Å². The fourth-order valence-corrected chi connectivity index (χ4v) is 1.39. The van der Waals surface area contributed by atoms with Crippen LogP contribution in [0.1, 0.15) is 27.4 Å². The van der Waals surface area contributed by atoms with E-state index in [0.29, 0.717) is 16.9 Å². The van der Waals surface area contributed by atoms with Gasteiger partial charge < -0.3 is 4.42 Å². The zero-order valence-corrected chi connectivity index (χ0v) is 8.00. The number of aromatic nitrogens is 2. The molecular weight excluding hydrogens is 180 g/mol. The maximum Gasteiger partial charge on any atom is 0.199 e. The van der Waals surface area contributed by atoms with E-state index in [4.69, 9.17) is 4.42 Å². The largest absolute Gasteiger partial charge is 0.466 e. The maximum atomic E-state index is 11.8. The lowest BCUT2D eigenvalue weighted by Crippen LogP contribution is -1.99. The third kappa shape index (κ3) is 1.35. The third-order valence-electron chi connectivity index (χ3n) is 2.05. The Bertz CT molecular complexity index is 454. The van der Waals surface area contributed by atoms with E-state index in [1.165, 1.54) is 6.20 Å². The Balaban J connectivity index is 2.41. The van der Waals surface area contributed by atoms with Crippen LogP contribution in [-0.4, -0.2) is 16.0 Å². The number of hydrogen-bond donors (Lipinski definition) is 1. The van der Waals surface area contributed by atoms with Gasteiger partial charge in [0.25, 0.3) is 0 Å². The van der Waals surface area contributed by atoms with Crippen molar-refractivity contribution in [1.29, 1.82) is 0 Å². The fourth-order valence-electron chi connectivity index (χ4n) is 1.39. The first-order valence-corrected chi connectivity index (χ1v) is 4.29. The Morgan fingerprint density at radius 2 is 2.29 bits per heavy atom. The number of ketones is 1. The topological polar surface area (TPSA) is 58.9 Å². The molecule has 14 heavy (non-hydrogen) atoms. The highest BCUT2D eigenvalue weighted by atomic mass is 16.3. The highest BCUT2D eigenvalue weighted by molar-refractivity contribution is 6.09. The fraction of sp³-hybridized carbons (Fsp3) is 0.200. The number of rotatable bonds is 2. The Labute approximate surface area is 80.9 Å². The number of aryl methyl sites for hydroxylation is 2. The van der Waals surface area contributed by atoms with E-state index < -0.39 is 0 Å². The monoisotopic (exact) mass is 190 g/mol. The Morgan fingerprint density at radius 1 is 1.50 bits per heavy atom. The molecule has 0 fully saturated rings. The summed E-state index contributed by atoms with van der Waals surface area (Å²) in [6, 6.07) is 1.74. The average Bonchev–Trinajstić information content (AvgIpc) is 2.73. The van der Waals surface area contributed by atoms with E-state index in [0.717, 1.165) is 5.76 Å². The molecule has 2 rings (SSSR count). The van der Waals surface area contributed by atoms with Crippen LogP contribution in [0.4, 0.5) is 0 Å². The first kappa shape index (κ1) is 8.74. The second-order valence-corrected chi connectivity index (χ2v) is 3.14. The van der Waals surface area contributed by atoms with Gasteiger partial charge in [-0.3, -0.25) is 9.89 Å². The van der Waals surface area contributed by atoms with Gasteiger partial charge in [-0.05, 0) is 19.9 Å². The van der Waals surface area contributed by atoms with Crippen molar-refractivity contribution >= 4 is 5.78 Å². The van der Waals surface area contributed by atoms with Gasteiger partial charge in [-0.15, -0.1) is 0 Å². The minimum absolute atomic E-state index is 0.0619. The summed E-state index contributed by atoms with van der Waals surface area (Å²) in [6.45, 7) is 3.60. The van der Waals surface area contributed by atoms with Gasteiger partial charge in [-0.2, -0.15) is 5.10 Å². The summed E-state index contributed by atoms with van der Waals surface area (Å²) in [6.07, 6.45) is 3.08. The summed E-state index contributed by atoms with van der Waals surface area (Å²) < 4.78 is 5.28. The molecule has 4 nitrogen and oxygen atoms in total. The van der Waals surface area contributed by atoms with Gasteiger partial charge in [0.05, 0.1) is 17.3 Å². The van der Waals surface area contributed by atoms with Crippen LogP contribution in [0.25, 0.3) is 0 Å². The second-order valence-electron chi connectivity index (χ2n) is 3.14. The highest BCUT2D eigenvalue weighted by Crippen LogP contribution is 2.17. The SMILES string of the molecule is Cc1cc(C(=O)c2cn[nH]c2)c(C)o1. The number of carbonyl (C=O) groups excluding carboxylic acids is 1. The van der Waals surface area contributed by atoms with Gasteiger partial charge in [0.1, 0.15) is 11.5 Å². The van der Waals surface area contributed by atoms with Crippen molar-refractivity contribution < 1.29 is 9.21 Å². The molecule has 2 aromatic heterocycles. The van der Waals surface area contributed by atoms with Crippen LogP contribution in [-0.2, 0) is 0 Å². The zero-order valence-electron chi connectivity index (χ0n) is 8.00. The van der Waals surface area contributed by atoms with Crippen LogP contribution in [0.3, 0.4) is 0 Å². The summed E-state index contributed by atoms with van der Waals surface area (Å²) >= 11 is 0. The molecule has 2 aromatic rings. The second kappa shape index (κ2) is 3.14. The minimum atomic E-state index is -0.0619. The summed E-state index contributed by atoms with van der Waals surface area (Å²) in [7, 11) is 0. The molecule has 0 radical (unpaired) electrons. The molecule has 72 valence electrons. The van der Waals surface area contributed by atoms with Crippen molar-refractivity contribution in [3.05, 3.63) is 41.1 Å². The van der Waals surface area contributed by atoms with Gasteiger partial charge >= 0.3 is 0 Å². The van der Waals surface area contributed by atoms with E-state index in [1.807, 2.05) is 6.92 Å². The van der Waals surface area contributed by atoms with Crippen LogP contribution in [0.15, 0.2) is 22.9 Å².